The molecule has 36 heavy (non-hydrogen) atoms. The lowest BCUT2D eigenvalue weighted by molar-refractivity contribution is -0.159. The second-order valence-electron chi connectivity index (χ2n) is 11.1. The molecule has 2 aromatic carbocycles. The van der Waals surface area contributed by atoms with Gasteiger partial charge in [0.05, 0.1) is 19.2 Å². The highest BCUT2D eigenvalue weighted by atomic mass is 16.6. The van der Waals surface area contributed by atoms with Gasteiger partial charge >= 0.3 is 11.9 Å². The number of hydrogen-bond donors (Lipinski definition) is 1. The lowest BCUT2D eigenvalue weighted by Gasteiger charge is -2.39. The third kappa shape index (κ3) is 4.62. The van der Waals surface area contributed by atoms with E-state index in [1.54, 1.807) is 0 Å². The second kappa shape index (κ2) is 9.87. The molecule has 3 heterocycles. The zero-order valence-electron chi connectivity index (χ0n) is 21.6. The fourth-order valence-electron chi connectivity index (χ4n) is 6.40. The topological polar surface area (TPSA) is 71.1 Å². The lowest BCUT2D eigenvalue weighted by atomic mass is 9.81. The van der Waals surface area contributed by atoms with Crippen LogP contribution in [0.2, 0.25) is 0 Å². The van der Waals surface area contributed by atoms with E-state index in [-0.39, 0.29) is 30.1 Å². The molecule has 0 bridgehead atoms. The van der Waals surface area contributed by atoms with Crippen molar-refractivity contribution in [1.29, 1.82) is 0 Å². The van der Waals surface area contributed by atoms with Crippen molar-refractivity contribution in [3.05, 3.63) is 66.2 Å². The van der Waals surface area contributed by atoms with Crippen LogP contribution in [0.15, 0.2) is 60.7 Å². The van der Waals surface area contributed by atoms with Crippen LogP contribution in [0.1, 0.15) is 45.2 Å². The van der Waals surface area contributed by atoms with Gasteiger partial charge in [0.2, 0.25) is 0 Å². The number of hydrogen-bond acceptors (Lipinski definition) is 7. The average molecular weight is 492 g/mol. The summed E-state index contributed by atoms with van der Waals surface area (Å²) in [7, 11) is 1.44. The van der Waals surface area contributed by atoms with Crippen molar-refractivity contribution < 1.29 is 19.1 Å². The Morgan fingerprint density at radius 1 is 0.972 bits per heavy atom. The van der Waals surface area contributed by atoms with Crippen LogP contribution in [0.5, 0.6) is 0 Å². The van der Waals surface area contributed by atoms with Gasteiger partial charge in [-0.1, -0.05) is 48.5 Å². The van der Waals surface area contributed by atoms with E-state index >= 15 is 0 Å². The van der Waals surface area contributed by atoms with Crippen LogP contribution in [-0.2, 0) is 19.1 Å². The summed E-state index contributed by atoms with van der Waals surface area (Å²) in [6, 6.07) is 19.6. The van der Waals surface area contributed by atoms with Gasteiger partial charge in [-0.05, 0) is 51.3 Å². The summed E-state index contributed by atoms with van der Waals surface area (Å²) in [5.74, 6) is -1.54. The molecule has 192 valence electrons. The maximum Gasteiger partial charge on any atom is 0.324 e. The number of nitrogens with one attached hydrogen (secondary N) is 1. The van der Waals surface area contributed by atoms with Crippen LogP contribution in [0.25, 0.3) is 0 Å². The number of rotatable bonds is 5. The predicted molar refractivity (Wildman–Crippen MR) is 138 cm³/mol. The number of benzene rings is 2. The van der Waals surface area contributed by atoms with E-state index in [1.807, 2.05) is 69.3 Å². The first-order valence-electron chi connectivity index (χ1n) is 13.0. The number of esters is 2. The van der Waals surface area contributed by atoms with E-state index in [0.29, 0.717) is 6.04 Å². The van der Waals surface area contributed by atoms with Crippen LogP contribution in [0.3, 0.4) is 0 Å². The summed E-state index contributed by atoms with van der Waals surface area (Å²) in [5.41, 5.74) is 1.43. The highest BCUT2D eigenvalue weighted by Gasteiger charge is 2.59. The van der Waals surface area contributed by atoms with E-state index in [1.165, 1.54) is 7.11 Å². The lowest BCUT2D eigenvalue weighted by Crippen LogP contribution is -2.54. The Kier molecular flexibility index (Phi) is 6.79. The fourth-order valence-corrected chi connectivity index (χ4v) is 6.40. The summed E-state index contributed by atoms with van der Waals surface area (Å²) in [4.78, 5) is 32.1. The van der Waals surface area contributed by atoms with Crippen molar-refractivity contribution in [2.24, 2.45) is 11.8 Å². The maximum atomic E-state index is 13.7. The van der Waals surface area contributed by atoms with Gasteiger partial charge in [-0.2, -0.15) is 0 Å². The van der Waals surface area contributed by atoms with Crippen molar-refractivity contribution in [3.63, 3.8) is 0 Å². The van der Waals surface area contributed by atoms with E-state index in [9.17, 15) is 9.59 Å². The molecule has 7 nitrogen and oxygen atoms in total. The number of anilines is 1. The number of ether oxygens (including phenoxy) is 2. The molecule has 5 rings (SSSR count). The molecule has 7 heteroatoms. The third-order valence-electron chi connectivity index (χ3n) is 7.73. The van der Waals surface area contributed by atoms with Crippen molar-refractivity contribution in [3.8, 4) is 0 Å². The minimum Gasteiger partial charge on any atom is -0.469 e. The van der Waals surface area contributed by atoms with Crippen LogP contribution < -0.4 is 10.2 Å². The smallest absolute Gasteiger partial charge is 0.324 e. The molecule has 3 fully saturated rings. The zero-order valence-corrected chi connectivity index (χ0v) is 21.6. The zero-order chi connectivity index (χ0) is 25.4. The molecule has 2 aromatic rings. The number of methoxy groups -OCH3 is 1. The summed E-state index contributed by atoms with van der Waals surface area (Å²) < 4.78 is 11.3. The van der Waals surface area contributed by atoms with Crippen LogP contribution in [0, 0.1) is 11.8 Å². The first kappa shape index (κ1) is 24.8. The molecule has 0 amide bonds. The Hall–Kier alpha value is -2.90. The predicted octanol–water partition coefficient (Wildman–Crippen LogP) is 3.76. The molecular weight excluding hydrogens is 454 g/mol. The second-order valence-corrected chi connectivity index (χ2v) is 11.1. The van der Waals surface area contributed by atoms with Gasteiger partial charge in [0.25, 0.3) is 0 Å². The Balaban J connectivity index is 1.62. The first-order valence-corrected chi connectivity index (χ1v) is 13.0. The van der Waals surface area contributed by atoms with Crippen molar-refractivity contribution in [2.45, 2.75) is 63.5 Å². The van der Waals surface area contributed by atoms with Gasteiger partial charge in [-0.15, -0.1) is 0 Å². The number of carbonyl (C=O) groups is 2. The Labute approximate surface area is 213 Å². The SMILES string of the molecule is COC(=O)[C@@H]1[C@@H]([C@H]2N(c3ccccc3)C[C@@H]3CCCN32)[C@H](C(=O)OC(C)(C)C)N[C@@H]1c1ccccc1. The molecule has 1 N–H and O–H groups in total. The Morgan fingerprint density at radius 2 is 1.64 bits per heavy atom. The molecule has 0 aliphatic carbocycles. The quantitative estimate of drug-likeness (QED) is 0.639. The largest absolute Gasteiger partial charge is 0.469 e. The normalized spacial score (nSPS) is 30.3. The summed E-state index contributed by atoms with van der Waals surface area (Å²) >= 11 is 0. The molecule has 3 aliphatic rings. The van der Waals surface area contributed by atoms with Crippen LogP contribution >= 0.6 is 0 Å². The molecule has 3 aliphatic heterocycles. The van der Waals surface area contributed by atoms with Gasteiger partial charge in [0.1, 0.15) is 11.6 Å². The number of nitrogens with zero attached hydrogens (tertiary/aromatic N) is 2. The molecule has 0 unspecified atom stereocenters. The van der Waals surface area contributed by atoms with Gasteiger partial charge in [-0.25, -0.2) is 0 Å². The van der Waals surface area contributed by atoms with Crippen molar-refractivity contribution in [1.82, 2.24) is 10.2 Å². The molecule has 0 spiro atoms. The minimum atomic E-state index is -0.658. The number of carbonyl (C=O) groups excluding carboxylic acids is 2. The van der Waals surface area contributed by atoms with E-state index in [4.69, 9.17) is 9.47 Å². The van der Waals surface area contributed by atoms with E-state index in [2.05, 4.69) is 27.2 Å². The molecular formula is C29H37N3O4. The van der Waals surface area contributed by atoms with Gasteiger partial charge in [-0.3, -0.25) is 19.8 Å². The van der Waals surface area contributed by atoms with Crippen molar-refractivity contribution in [2.75, 3.05) is 25.1 Å². The monoisotopic (exact) mass is 491 g/mol. The number of fused-ring (bicyclic) bond motifs is 1. The summed E-state index contributed by atoms with van der Waals surface area (Å²) in [6.07, 6.45) is 2.09. The van der Waals surface area contributed by atoms with Crippen LogP contribution in [-0.4, -0.2) is 60.9 Å². The molecule has 6 atom stereocenters. The molecule has 3 saturated heterocycles. The highest BCUT2D eigenvalue weighted by molar-refractivity contribution is 5.82. The van der Waals surface area contributed by atoms with Gasteiger partial charge in [0.15, 0.2) is 0 Å². The van der Waals surface area contributed by atoms with Gasteiger partial charge in [0, 0.05) is 36.8 Å². The fraction of sp³-hybridized carbons (Fsp3) is 0.517. The van der Waals surface area contributed by atoms with E-state index < -0.39 is 17.6 Å². The molecule has 0 radical (unpaired) electrons. The van der Waals surface area contributed by atoms with Crippen molar-refractivity contribution >= 4 is 17.6 Å². The summed E-state index contributed by atoms with van der Waals surface area (Å²) in [6.45, 7) is 7.45. The van der Waals surface area contributed by atoms with Gasteiger partial charge < -0.3 is 14.4 Å². The minimum absolute atomic E-state index is 0.136. The first-order chi connectivity index (χ1) is 17.3. The van der Waals surface area contributed by atoms with Crippen LogP contribution in [0.4, 0.5) is 5.69 Å². The third-order valence-corrected chi connectivity index (χ3v) is 7.73. The number of para-hydroxylation sites is 1. The molecule has 0 saturated carbocycles. The Bertz CT molecular complexity index is 1070. The maximum absolute atomic E-state index is 13.7. The molecule has 0 aromatic heterocycles. The average Bonchev–Trinajstić information content (AvgIpc) is 3.56. The standard InChI is InChI=1S/C29H37N3O4/c1-29(2,3)36-28(34)25-22(23(27(33)35-4)24(30-25)19-12-7-5-8-13-19)26-31-17-11-16-21(31)18-32(26)20-14-9-6-10-15-20/h5-10,12-15,21-26,30H,11,16-18H2,1-4H3/t21-,22+,23+,24+,25+,26+/m0/s1. The van der Waals surface area contributed by atoms with E-state index in [0.717, 1.165) is 37.2 Å². The highest BCUT2D eigenvalue weighted by Crippen LogP contribution is 2.47. The Morgan fingerprint density at radius 3 is 2.28 bits per heavy atom. The summed E-state index contributed by atoms with van der Waals surface area (Å²) in [5, 5.41) is 3.55.